The molecule has 1 heterocycles. The van der Waals surface area contributed by atoms with Crippen molar-refractivity contribution in [2.45, 2.75) is 38.6 Å². The molecule has 92 valence electrons. The molecule has 17 heavy (non-hydrogen) atoms. The summed E-state index contributed by atoms with van der Waals surface area (Å²) < 4.78 is 0. The first-order valence-electron chi connectivity index (χ1n) is 6.54. The van der Waals surface area contributed by atoms with Gasteiger partial charge in [0.25, 0.3) is 0 Å². The number of hydrogen-bond donors (Lipinski definition) is 0. The number of carbonyl (C=O) groups is 1. The SMILES string of the molecule is CC(CC=O)c1ccc(CN2CCCC2)cc1. The Morgan fingerprint density at radius 2 is 1.88 bits per heavy atom. The summed E-state index contributed by atoms with van der Waals surface area (Å²) in [6.07, 6.45) is 4.30. The summed E-state index contributed by atoms with van der Waals surface area (Å²) in [5.41, 5.74) is 2.65. The van der Waals surface area contributed by atoms with Crippen LogP contribution in [0.3, 0.4) is 0 Å². The second kappa shape index (κ2) is 5.97. The normalized spacial score (nSPS) is 18.2. The fourth-order valence-corrected chi connectivity index (χ4v) is 2.43. The number of aldehydes is 1. The Morgan fingerprint density at radius 1 is 1.24 bits per heavy atom. The van der Waals surface area contributed by atoms with Crippen molar-refractivity contribution in [3.05, 3.63) is 35.4 Å². The van der Waals surface area contributed by atoms with Crippen molar-refractivity contribution < 1.29 is 4.79 Å². The Balaban J connectivity index is 1.94. The van der Waals surface area contributed by atoms with E-state index in [-0.39, 0.29) is 0 Å². The van der Waals surface area contributed by atoms with Crippen LogP contribution >= 0.6 is 0 Å². The number of hydrogen-bond acceptors (Lipinski definition) is 2. The highest BCUT2D eigenvalue weighted by Gasteiger charge is 2.11. The van der Waals surface area contributed by atoms with E-state index >= 15 is 0 Å². The van der Waals surface area contributed by atoms with Crippen molar-refractivity contribution in [3.63, 3.8) is 0 Å². The van der Waals surface area contributed by atoms with Crippen LogP contribution in [0.5, 0.6) is 0 Å². The van der Waals surface area contributed by atoms with Gasteiger partial charge in [0.05, 0.1) is 0 Å². The second-order valence-corrected chi connectivity index (χ2v) is 5.03. The molecule has 1 fully saturated rings. The van der Waals surface area contributed by atoms with Crippen LogP contribution in [0.25, 0.3) is 0 Å². The summed E-state index contributed by atoms with van der Waals surface area (Å²) in [5.74, 6) is 0.341. The van der Waals surface area contributed by atoms with Gasteiger partial charge in [-0.05, 0) is 43.0 Å². The first-order chi connectivity index (χ1) is 8.29. The molecule has 2 heteroatoms. The molecule has 0 spiro atoms. The van der Waals surface area contributed by atoms with Crippen LogP contribution in [0.4, 0.5) is 0 Å². The molecule has 0 radical (unpaired) electrons. The Labute approximate surface area is 104 Å². The topological polar surface area (TPSA) is 20.3 Å². The van der Waals surface area contributed by atoms with Gasteiger partial charge in [-0.3, -0.25) is 4.90 Å². The van der Waals surface area contributed by atoms with Crippen molar-refractivity contribution in [2.75, 3.05) is 13.1 Å². The molecule has 2 nitrogen and oxygen atoms in total. The van der Waals surface area contributed by atoms with Crippen LogP contribution in [0.1, 0.15) is 43.2 Å². The van der Waals surface area contributed by atoms with E-state index in [0.717, 1.165) is 12.8 Å². The van der Waals surface area contributed by atoms with E-state index in [9.17, 15) is 4.79 Å². The Kier molecular flexibility index (Phi) is 4.32. The molecule has 0 aromatic heterocycles. The number of carbonyl (C=O) groups excluding carboxylic acids is 1. The van der Waals surface area contributed by atoms with Crippen molar-refractivity contribution in [1.82, 2.24) is 4.90 Å². The van der Waals surface area contributed by atoms with Gasteiger partial charge in [-0.2, -0.15) is 0 Å². The summed E-state index contributed by atoms with van der Waals surface area (Å²) in [4.78, 5) is 13.0. The number of nitrogens with zero attached hydrogens (tertiary/aromatic N) is 1. The van der Waals surface area contributed by atoms with E-state index in [1.165, 1.54) is 37.1 Å². The van der Waals surface area contributed by atoms with E-state index in [1.807, 2.05) is 0 Å². The fraction of sp³-hybridized carbons (Fsp3) is 0.533. The maximum absolute atomic E-state index is 10.5. The van der Waals surface area contributed by atoms with Gasteiger partial charge < -0.3 is 4.79 Å². The lowest BCUT2D eigenvalue weighted by Crippen LogP contribution is -2.18. The molecule has 0 saturated carbocycles. The second-order valence-electron chi connectivity index (χ2n) is 5.03. The highest BCUT2D eigenvalue weighted by molar-refractivity contribution is 5.51. The highest BCUT2D eigenvalue weighted by atomic mass is 16.1. The molecule has 2 rings (SSSR count). The predicted molar refractivity (Wildman–Crippen MR) is 70.0 cm³/mol. The van der Waals surface area contributed by atoms with Crippen LogP contribution < -0.4 is 0 Å². The van der Waals surface area contributed by atoms with Gasteiger partial charge in [0.15, 0.2) is 0 Å². The van der Waals surface area contributed by atoms with Gasteiger partial charge in [-0.15, -0.1) is 0 Å². The third-order valence-corrected chi connectivity index (χ3v) is 3.60. The fourth-order valence-electron chi connectivity index (χ4n) is 2.43. The smallest absolute Gasteiger partial charge is 0.120 e. The number of rotatable bonds is 5. The quantitative estimate of drug-likeness (QED) is 0.726. The van der Waals surface area contributed by atoms with E-state index in [1.54, 1.807) is 0 Å². The lowest BCUT2D eigenvalue weighted by Gasteiger charge is -2.15. The maximum atomic E-state index is 10.5. The van der Waals surface area contributed by atoms with Gasteiger partial charge in [0.2, 0.25) is 0 Å². The molecule has 1 aliphatic rings. The van der Waals surface area contributed by atoms with Crippen molar-refractivity contribution in [3.8, 4) is 0 Å². The van der Waals surface area contributed by atoms with Gasteiger partial charge in [-0.1, -0.05) is 31.2 Å². The van der Waals surface area contributed by atoms with Crippen molar-refractivity contribution in [1.29, 1.82) is 0 Å². The molecule has 1 aromatic carbocycles. The zero-order chi connectivity index (χ0) is 12.1. The Bertz CT molecular complexity index is 352. The first kappa shape index (κ1) is 12.3. The monoisotopic (exact) mass is 231 g/mol. The molecule has 1 aromatic rings. The molecule has 1 atom stereocenters. The van der Waals surface area contributed by atoms with Gasteiger partial charge in [0.1, 0.15) is 6.29 Å². The average Bonchev–Trinajstić information content (AvgIpc) is 2.83. The number of likely N-dealkylation sites (tertiary alicyclic amines) is 1. The third-order valence-electron chi connectivity index (χ3n) is 3.60. The molecule has 0 N–H and O–H groups in total. The van der Waals surface area contributed by atoms with Gasteiger partial charge in [-0.25, -0.2) is 0 Å². The zero-order valence-electron chi connectivity index (χ0n) is 10.6. The predicted octanol–water partition coefficient (Wildman–Crippen LogP) is 2.97. The van der Waals surface area contributed by atoms with Gasteiger partial charge >= 0.3 is 0 Å². The molecule has 1 saturated heterocycles. The summed E-state index contributed by atoms with van der Waals surface area (Å²) in [6.45, 7) is 5.65. The molecule has 0 bridgehead atoms. The summed E-state index contributed by atoms with van der Waals surface area (Å²) in [6, 6.07) is 8.74. The molecule has 1 unspecified atom stereocenters. The van der Waals surface area contributed by atoms with Crippen LogP contribution in [-0.4, -0.2) is 24.3 Å². The van der Waals surface area contributed by atoms with Crippen molar-refractivity contribution in [2.24, 2.45) is 0 Å². The van der Waals surface area contributed by atoms with E-state index in [2.05, 4.69) is 36.1 Å². The van der Waals surface area contributed by atoms with E-state index < -0.39 is 0 Å². The van der Waals surface area contributed by atoms with E-state index in [4.69, 9.17) is 0 Å². The summed E-state index contributed by atoms with van der Waals surface area (Å²) >= 11 is 0. The van der Waals surface area contributed by atoms with Crippen molar-refractivity contribution >= 4 is 6.29 Å². The largest absolute Gasteiger partial charge is 0.303 e. The standard InChI is InChI=1S/C15H21NO/c1-13(8-11-17)15-6-4-14(5-7-15)12-16-9-2-3-10-16/h4-7,11,13H,2-3,8-10,12H2,1H3. The van der Waals surface area contributed by atoms with Crippen LogP contribution in [0.15, 0.2) is 24.3 Å². The summed E-state index contributed by atoms with van der Waals surface area (Å²) in [5, 5.41) is 0. The minimum Gasteiger partial charge on any atom is -0.303 e. The molecule has 0 aliphatic carbocycles. The minimum atomic E-state index is 0.341. The minimum absolute atomic E-state index is 0.341. The van der Waals surface area contributed by atoms with E-state index in [0.29, 0.717) is 12.3 Å². The maximum Gasteiger partial charge on any atom is 0.120 e. The highest BCUT2D eigenvalue weighted by Crippen LogP contribution is 2.19. The molecular formula is C15H21NO. The zero-order valence-corrected chi connectivity index (χ0v) is 10.6. The Hall–Kier alpha value is -1.15. The Morgan fingerprint density at radius 3 is 2.47 bits per heavy atom. The molecular weight excluding hydrogens is 210 g/mol. The average molecular weight is 231 g/mol. The lowest BCUT2D eigenvalue weighted by molar-refractivity contribution is -0.108. The first-order valence-corrected chi connectivity index (χ1v) is 6.54. The lowest BCUT2D eigenvalue weighted by atomic mass is 9.97. The van der Waals surface area contributed by atoms with Crippen LogP contribution in [-0.2, 0) is 11.3 Å². The van der Waals surface area contributed by atoms with Crippen LogP contribution in [0.2, 0.25) is 0 Å². The van der Waals surface area contributed by atoms with Crippen LogP contribution in [0, 0.1) is 0 Å². The van der Waals surface area contributed by atoms with Gasteiger partial charge in [0, 0.05) is 13.0 Å². The molecule has 1 aliphatic heterocycles. The third kappa shape index (κ3) is 3.40. The molecule has 0 amide bonds. The summed E-state index contributed by atoms with van der Waals surface area (Å²) in [7, 11) is 0. The number of benzene rings is 1.